The molecular formula is C13H19F2NO2. The molecule has 0 saturated carbocycles. The van der Waals surface area contributed by atoms with Gasteiger partial charge in [-0.05, 0) is 31.5 Å². The molecule has 5 heteroatoms. The molecule has 1 aromatic carbocycles. The molecule has 1 rings (SSSR count). The van der Waals surface area contributed by atoms with Crippen molar-refractivity contribution < 1.29 is 18.6 Å². The maximum atomic E-state index is 12.9. The standard InChI is InChI=1S/C13H19F2NO2/c1-2-6-16-10(9-17)5-7-18-11-3-4-12(14)13(15)8-11/h3-4,8,10,16-17H,2,5-7,9H2,1H3. The fraction of sp³-hybridized carbons (Fsp3) is 0.538. The van der Waals surface area contributed by atoms with E-state index < -0.39 is 11.6 Å². The first-order valence-electron chi connectivity index (χ1n) is 6.09. The highest BCUT2D eigenvalue weighted by molar-refractivity contribution is 5.23. The van der Waals surface area contributed by atoms with E-state index in [2.05, 4.69) is 5.32 Å². The highest BCUT2D eigenvalue weighted by atomic mass is 19.2. The fourth-order valence-electron chi connectivity index (χ4n) is 1.49. The molecule has 18 heavy (non-hydrogen) atoms. The van der Waals surface area contributed by atoms with Gasteiger partial charge in [-0.1, -0.05) is 6.92 Å². The fourth-order valence-corrected chi connectivity index (χ4v) is 1.49. The van der Waals surface area contributed by atoms with Gasteiger partial charge in [-0.25, -0.2) is 8.78 Å². The smallest absolute Gasteiger partial charge is 0.162 e. The van der Waals surface area contributed by atoms with Gasteiger partial charge >= 0.3 is 0 Å². The van der Waals surface area contributed by atoms with Gasteiger partial charge in [0.2, 0.25) is 0 Å². The molecule has 1 aromatic rings. The molecule has 0 fully saturated rings. The van der Waals surface area contributed by atoms with E-state index in [0.717, 1.165) is 25.1 Å². The van der Waals surface area contributed by atoms with Crippen LogP contribution in [-0.4, -0.2) is 30.9 Å². The maximum absolute atomic E-state index is 12.9. The lowest BCUT2D eigenvalue weighted by atomic mass is 10.2. The molecule has 0 heterocycles. The van der Waals surface area contributed by atoms with Crippen LogP contribution in [0.5, 0.6) is 5.75 Å². The third kappa shape index (κ3) is 4.98. The number of aliphatic hydroxyl groups is 1. The van der Waals surface area contributed by atoms with E-state index in [0.29, 0.717) is 18.8 Å². The Hall–Kier alpha value is -1.20. The van der Waals surface area contributed by atoms with Gasteiger partial charge in [-0.3, -0.25) is 0 Å². The van der Waals surface area contributed by atoms with Crippen molar-refractivity contribution in [2.24, 2.45) is 0 Å². The summed E-state index contributed by atoms with van der Waals surface area (Å²) in [6.45, 7) is 3.24. The summed E-state index contributed by atoms with van der Waals surface area (Å²) in [5.74, 6) is -1.52. The highest BCUT2D eigenvalue weighted by Crippen LogP contribution is 2.15. The van der Waals surface area contributed by atoms with Crippen molar-refractivity contribution in [2.45, 2.75) is 25.8 Å². The first kappa shape index (κ1) is 14.9. The van der Waals surface area contributed by atoms with Crippen molar-refractivity contribution in [3.8, 4) is 5.75 Å². The van der Waals surface area contributed by atoms with Gasteiger partial charge in [0.1, 0.15) is 5.75 Å². The van der Waals surface area contributed by atoms with Crippen LogP contribution in [-0.2, 0) is 0 Å². The van der Waals surface area contributed by atoms with Gasteiger partial charge in [0.05, 0.1) is 13.2 Å². The third-order valence-electron chi connectivity index (χ3n) is 2.53. The summed E-state index contributed by atoms with van der Waals surface area (Å²) >= 11 is 0. The Kier molecular flexibility index (Phi) is 6.60. The SMILES string of the molecule is CCCNC(CO)CCOc1ccc(F)c(F)c1. The number of ether oxygens (including phenoxy) is 1. The molecule has 0 radical (unpaired) electrons. The largest absolute Gasteiger partial charge is 0.493 e. The molecule has 0 bridgehead atoms. The molecule has 0 aliphatic carbocycles. The average Bonchev–Trinajstić information content (AvgIpc) is 2.37. The van der Waals surface area contributed by atoms with Gasteiger partial charge < -0.3 is 15.2 Å². The van der Waals surface area contributed by atoms with Crippen LogP contribution in [0.25, 0.3) is 0 Å². The minimum Gasteiger partial charge on any atom is -0.493 e. The Morgan fingerprint density at radius 3 is 2.72 bits per heavy atom. The predicted molar refractivity (Wildman–Crippen MR) is 65.6 cm³/mol. The van der Waals surface area contributed by atoms with Crippen LogP contribution in [0.15, 0.2) is 18.2 Å². The second kappa shape index (κ2) is 8.00. The van der Waals surface area contributed by atoms with Gasteiger partial charge in [-0.2, -0.15) is 0 Å². The first-order valence-corrected chi connectivity index (χ1v) is 6.09. The molecule has 2 N–H and O–H groups in total. The van der Waals surface area contributed by atoms with Gasteiger partial charge in [0.15, 0.2) is 11.6 Å². The third-order valence-corrected chi connectivity index (χ3v) is 2.53. The highest BCUT2D eigenvalue weighted by Gasteiger charge is 2.07. The molecule has 0 aliphatic rings. The molecular weight excluding hydrogens is 240 g/mol. The van der Waals surface area contributed by atoms with Crippen molar-refractivity contribution in [3.63, 3.8) is 0 Å². The van der Waals surface area contributed by atoms with Crippen molar-refractivity contribution in [2.75, 3.05) is 19.8 Å². The Bertz CT molecular complexity index is 361. The predicted octanol–water partition coefficient (Wildman–Crippen LogP) is 2.09. The van der Waals surface area contributed by atoms with E-state index in [9.17, 15) is 8.78 Å². The van der Waals surface area contributed by atoms with Gasteiger partial charge in [0, 0.05) is 12.1 Å². The van der Waals surface area contributed by atoms with Crippen molar-refractivity contribution in [1.29, 1.82) is 0 Å². The zero-order valence-corrected chi connectivity index (χ0v) is 10.5. The number of benzene rings is 1. The molecule has 0 aromatic heterocycles. The molecule has 102 valence electrons. The molecule has 1 atom stereocenters. The molecule has 1 unspecified atom stereocenters. The number of rotatable bonds is 8. The number of halogens is 2. The summed E-state index contributed by atoms with van der Waals surface area (Å²) in [4.78, 5) is 0. The molecule has 0 aliphatic heterocycles. The van der Waals surface area contributed by atoms with E-state index in [-0.39, 0.29) is 12.6 Å². The first-order chi connectivity index (χ1) is 8.67. The monoisotopic (exact) mass is 259 g/mol. The Morgan fingerprint density at radius 2 is 2.11 bits per heavy atom. The summed E-state index contributed by atoms with van der Waals surface area (Å²) in [6.07, 6.45) is 1.59. The lowest BCUT2D eigenvalue weighted by molar-refractivity contribution is 0.208. The van der Waals surface area contributed by atoms with Crippen LogP contribution in [0.2, 0.25) is 0 Å². The van der Waals surface area contributed by atoms with Crippen molar-refractivity contribution in [3.05, 3.63) is 29.8 Å². The zero-order chi connectivity index (χ0) is 13.4. The lowest BCUT2D eigenvalue weighted by Gasteiger charge is -2.16. The Balaban J connectivity index is 2.33. The van der Waals surface area contributed by atoms with Crippen LogP contribution in [0.1, 0.15) is 19.8 Å². The van der Waals surface area contributed by atoms with Crippen LogP contribution < -0.4 is 10.1 Å². The summed E-state index contributed by atoms with van der Waals surface area (Å²) in [6, 6.07) is 3.40. The summed E-state index contributed by atoms with van der Waals surface area (Å²) in [5.41, 5.74) is 0. The normalized spacial score (nSPS) is 12.4. The average molecular weight is 259 g/mol. The van der Waals surface area contributed by atoms with Gasteiger partial charge in [0.25, 0.3) is 0 Å². The Morgan fingerprint density at radius 1 is 1.33 bits per heavy atom. The Labute approximate surface area is 106 Å². The van der Waals surface area contributed by atoms with E-state index in [4.69, 9.17) is 9.84 Å². The summed E-state index contributed by atoms with van der Waals surface area (Å²) < 4.78 is 30.9. The van der Waals surface area contributed by atoms with Crippen LogP contribution in [0.4, 0.5) is 8.78 Å². The second-order valence-corrected chi connectivity index (χ2v) is 4.05. The quantitative estimate of drug-likeness (QED) is 0.751. The molecule has 3 nitrogen and oxygen atoms in total. The molecule has 0 saturated heterocycles. The lowest BCUT2D eigenvalue weighted by Crippen LogP contribution is -2.34. The van der Waals surface area contributed by atoms with Crippen LogP contribution in [0, 0.1) is 11.6 Å². The summed E-state index contributed by atoms with van der Waals surface area (Å²) in [5, 5.41) is 12.3. The minimum atomic E-state index is -0.921. The van der Waals surface area contributed by atoms with Crippen molar-refractivity contribution >= 4 is 0 Å². The zero-order valence-electron chi connectivity index (χ0n) is 10.5. The van der Waals surface area contributed by atoms with Crippen LogP contribution in [0.3, 0.4) is 0 Å². The number of aliphatic hydroxyl groups excluding tert-OH is 1. The molecule has 0 amide bonds. The maximum Gasteiger partial charge on any atom is 0.162 e. The van der Waals surface area contributed by atoms with Crippen LogP contribution >= 0.6 is 0 Å². The molecule has 0 spiro atoms. The number of hydrogen-bond donors (Lipinski definition) is 2. The van der Waals surface area contributed by atoms with E-state index in [1.165, 1.54) is 6.07 Å². The van der Waals surface area contributed by atoms with Crippen molar-refractivity contribution in [1.82, 2.24) is 5.32 Å². The minimum absolute atomic E-state index is 0.0289. The number of nitrogens with one attached hydrogen (secondary N) is 1. The van der Waals surface area contributed by atoms with Gasteiger partial charge in [-0.15, -0.1) is 0 Å². The van der Waals surface area contributed by atoms with E-state index in [1.54, 1.807) is 0 Å². The summed E-state index contributed by atoms with van der Waals surface area (Å²) in [7, 11) is 0. The number of hydrogen-bond acceptors (Lipinski definition) is 3. The second-order valence-electron chi connectivity index (χ2n) is 4.05. The topological polar surface area (TPSA) is 41.5 Å². The van der Waals surface area contributed by atoms with E-state index in [1.807, 2.05) is 6.92 Å². The van der Waals surface area contributed by atoms with E-state index >= 15 is 0 Å².